The summed E-state index contributed by atoms with van der Waals surface area (Å²) >= 11 is 0. The van der Waals surface area contributed by atoms with E-state index in [4.69, 9.17) is 4.74 Å². The number of ketones is 1. The first-order chi connectivity index (χ1) is 9.67. The van der Waals surface area contributed by atoms with Crippen molar-refractivity contribution in [3.05, 3.63) is 60.2 Å². The van der Waals surface area contributed by atoms with E-state index in [9.17, 15) is 4.79 Å². The number of hydrogen-bond acceptors (Lipinski definition) is 2. The zero-order chi connectivity index (χ0) is 14.0. The summed E-state index contributed by atoms with van der Waals surface area (Å²) in [6, 6.07) is 18.6. The largest absolute Gasteiger partial charge is 0.370 e. The number of hydrogen-bond donors (Lipinski definition) is 0. The molecule has 0 amide bonds. The van der Waals surface area contributed by atoms with Gasteiger partial charge in [0, 0.05) is 12.8 Å². The summed E-state index contributed by atoms with van der Waals surface area (Å²) < 4.78 is 5.85. The van der Waals surface area contributed by atoms with Crippen LogP contribution in [0.4, 0.5) is 0 Å². The summed E-state index contributed by atoms with van der Waals surface area (Å²) in [6.07, 6.45) is 1.01. The lowest BCUT2D eigenvalue weighted by Gasteiger charge is -2.33. The maximum Gasteiger partial charge on any atom is 0.138 e. The molecule has 20 heavy (non-hydrogen) atoms. The number of Topliss-reactive ketones (excluding diaryl/α,β-unsaturated/α-hetero) is 1. The molecule has 102 valence electrons. The number of rotatable bonds is 2. The van der Waals surface area contributed by atoms with Crippen molar-refractivity contribution >= 4 is 5.78 Å². The standard InChI is InChI=1S/C18H18O2/c1-18(13-17(19)11-12-20-18)16-9-7-15(8-10-16)14-5-3-2-4-6-14/h2-10H,11-13H2,1H3. The second-order valence-electron chi connectivity index (χ2n) is 5.49. The van der Waals surface area contributed by atoms with Gasteiger partial charge in [-0.15, -0.1) is 0 Å². The van der Waals surface area contributed by atoms with Crippen LogP contribution in [-0.4, -0.2) is 12.4 Å². The average Bonchev–Trinajstić information content (AvgIpc) is 2.48. The third-order valence-electron chi connectivity index (χ3n) is 3.94. The molecule has 0 bridgehead atoms. The van der Waals surface area contributed by atoms with E-state index < -0.39 is 5.60 Å². The van der Waals surface area contributed by atoms with Crippen LogP contribution in [0.1, 0.15) is 25.3 Å². The van der Waals surface area contributed by atoms with Crippen LogP contribution in [-0.2, 0) is 15.1 Å². The fourth-order valence-electron chi connectivity index (χ4n) is 2.74. The van der Waals surface area contributed by atoms with E-state index in [0.29, 0.717) is 19.4 Å². The molecule has 2 aromatic rings. The Labute approximate surface area is 119 Å². The van der Waals surface area contributed by atoms with Gasteiger partial charge < -0.3 is 4.74 Å². The van der Waals surface area contributed by atoms with Gasteiger partial charge in [-0.25, -0.2) is 0 Å². The molecule has 0 saturated carbocycles. The Morgan fingerprint density at radius 2 is 1.60 bits per heavy atom. The Balaban J connectivity index is 1.88. The SMILES string of the molecule is CC1(c2ccc(-c3ccccc3)cc2)CC(=O)CCO1. The number of carbonyl (C=O) groups excluding carboxylic acids is 1. The van der Waals surface area contributed by atoms with Gasteiger partial charge in [-0.3, -0.25) is 4.79 Å². The van der Waals surface area contributed by atoms with E-state index in [0.717, 1.165) is 5.56 Å². The number of benzene rings is 2. The third-order valence-corrected chi connectivity index (χ3v) is 3.94. The van der Waals surface area contributed by atoms with Gasteiger partial charge in [-0.2, -0.15) is 0 Å². The van der Waals surface area contributed by atoms with Crippen molar-refractivity contribution in [2.75, 3.05) is 6.61 Å². The second kappa shape index (κ2) is 5.22. The van der Waals surface area contributed by atoms with E-state index in [2.05, 4.69) is 36.4 Å². The Bertz CT molecular complexity index is 601. The Kier molecular flexibility index (Phi) is 3.41. The average molecular weight is 266 g/mol. The van der Waals surface area contributed by atoms with Crippen molar-refractivity contribution in [2.24, 2.45) is 0 Å². The molecule has 1 heterocycles. The van der Waals surface area contributed by atoms with Gasteiger partial charge in [-0.1, -0.05) is 54.6 Å². The molecule has 2 aromatic carbocycles. The summed E-state index contributed by atoms with van der Waals surface area (Å²) in [6.45, 7) is 2.53. The maximum absolute atomic E-state index is 11.7. The van der Waals surface area contributed by atoms with Crippen molar-refractivity contribution in [3.63, 3.8) is 0 Å². The monoisotopic (exact) mass is 266 g/mol. The van der Waals surface area contributed by atoms with Crippen LogP contribution < -0.4 is 0 Å². The highest BCUT2D eigenvalue weighted by molar-refractivity contribution is 5.80. The normalized spacial score (nSPS) is 22.8. The smallest absolute Gasteiger partial charge is 0.138 e. The fraction of sp³-hybridized carbons (Fsp3) is 0.278. The van der Waals surface area contributed by atoms with E-state index >= 15 is 0 Å². The molecule has 0 aromatic heterocycles. The van der Waals surface area contributed by atoms with Gasteiger partial charge in [-0.05, 0) is 23.6 Å². The van der Waals surface area contributed by atoms with Crippen LogP contribution in [0.3, 0.4) is 0 Å². The molecule has 3 rings (SSSR count). The molecule has 0 aliphatic carbocycles. The van der Waals surface area contributed by atoms with Crippen molar-refractivity contribution in [1.29, 1.82) is 0 Å². The Morgan fingerprint density at radius 1 is 0.950 bits per heavy atom. The second-order valence-corrected chi connectivity index (χ2v) is 5.49. The molecule has 1 unspecified atom stereocenters. The van der Waals surface area contributed by atoms with Crippen LogP contribution in [0.2, 0.25) is 0 Å². The maximum atomic E-state index is 11.7. The summed E-state index contributed by atoms with van der Waals surface area (Å²) in [5.41, 5.74) is 2.99. The first-order valence-electron chi connectivity index (χ1n) is 6.99. The van der Waals surface area contributed by atoms with Gasteiger partial charge in [0.1, 0.15) is 5.78 Å². The predicted molar refractivity (Wildman–Crippen MR) is 79.4 cm³/mol. The molecule has 1 saturated heterocycles. The minimum atomic E-state index is -0.468. The molecule has 1 aliphatic heterocycles. The quantitative estimate of drug-likeness (QED) is 0.822. The molecule has 2 nitrogen and oxygen atoms in total. The Hall–Kier alpha value is -1.93. The zero-order valence-corrected chi connectivity index (χ0v) is 11.6. The minimum Gasteiger partial charge on any atom is -0.370 e. The van der Waals surface area contributed by atoms with Gasteiger partial charge in [0.2, 0.25) is 0 Å². The third kappa shape index (κ3) is 2.52. The van der Waals surface area contributed by atoms with Gasteiger partial charge in [0.05, 0.1) is 12.2 Å². The van der Waals surface area contributed by atoms with E-state index in [1.807, 2.05) is 25.1 Å². The zero-order valence-electron chi connectivity index (χ0n) is 11.6. The topological polar surface area (TPSA) is 26.3 Å². The summed E-state index contributed by atoms with van der Waals surface area (Å²) in [7, 11) is 0. The molecule has 1 atom stereocenters. The van der Waals surface area contributed by atoms with Crippen molar-refractivity contribution in [2.45, 2.75) is 25.4 Å². The summed E-state index contributed by atoms with van der Waals surface area (Å²) in [5.74, 6) is 0.283. The van der Waals surface area contributed by atoms with Crippen molar-refractivity contribution in [1.82, 2.24) is 0 Å². The molecule has 1 fully saturated rings. The van der Waals surface area contributed by atoms with Crippen LogP contribution >= 0.6 is 0 Å². The highest BCUT2D eigenvalue weighted by Gasteiger charge is 2.33. The minimum absolute atomic E-state index is 0.283. The van der Waals surface area contributed by atoms with Crippen molar-refractivity contribution < 1.29 is 9.53 Å². The molecule has 2 heteroatoms. The lowest BCUT2D eigenvalue weighted by molar-refractivity contribution is -0.138. The molecule has 0 spiro atoms. The van der Waals surface area contributed by atoms with Crippen molar-refractivity contribution in [3.8, 4) is 11.1 Å². The lowest BCUT2D eigenvalue weighted by Crippen LogP contribution is -2.34. The van der Waals surface area contributed by atoms with E-state index in [-0.39, 0.29) is 5.78 Å². The molecule has 1 aliphatic rings. The van der Waals surface area contributed by atoms with E-state index in [1.165, 1.54) is 11.1 Å². The van der Waals surface area contributed by atoms with E-state index in [1.54, 1.807) is 0 Å². The van der Waals surface area contributed by atoms with Crippen LogP contribution in [0.5, 0.6) is 0 Å². The Morgan fingerprint density at radius 3 is 2.25 bits per heavy atom. The summed E-state index contributed by atoms with van der Waals surface area (Å²) in [4.78, 5) is 11.7. The lowest BCUT2D eigenvalue weighted by atomic mass is 9.87. The summed E-state index contributed by atoms with van der Waals surface area (Å²) in [5, 5.41) is 0. The number of carbonyl (C=O) groups is 1. The van der Waals surface area contributed by atoms with Crippen LogP contribution in [0.15, 0.2) is 54.6 Å². The van der Waals surface area contributed by atoms with Crippen LogP contribution in [0.25, 0.3) is 11.1 Å². The first-order valence-corrected chi connectivity index (χ1v) is 6.99. The highest BCUT2D eigenvalue weighted by Crippen LogP contribution is 2.34. The van der Waals surface area contributed by atoms with Gasteiger partial charge in [0.25, 0.3) is 0 Å². The fourth-order valence-corrected chi connectivity index (χ4v) is 2.74. The molecular formula is C18H18O2. The molecular weight excluding hydrogens is 248 g/mol. The van der Waals surface area contributed by atoms with Crippen LogP contribution in [0, 0.1) is 0 Å². The highest BCUT2D eigenvalue weighted by atomic mass is 16.5. The number of ether oxygens (including phenoxy) is 1. The molecule has 0 N–H and O–H groups in total. The van der Waals surface area contributed by atoms with Gasteiger partial charge in [0.15, 0.2) is 0 Å². The van der Waals surface area contributed by atoms with Gasteiger partial charge >= 0.3 is 0 Å². The first kappa shape index (κ1) is 13.1. The predicted octanol–water partition coefficient (Wildman–Crippen LogP) is 3.95. The molecule has 0 radical (unpaired) electrons.